The Morgan fingerprint density at radius 2 is 1.70 bits per heavy atom. The molecule has 2 aromatic carbocycles. The number of hydrogen-bond acceptors (Lipinski definition) is 3. The summed E-state index contributed by atoms with van der Waals surface area (Å²) >= 11 is 0. The fourth-order valence-corrected chi connectivity index (χ4v) is 3.04. The Kier molecular flexibility index (Phi) is 4.88. The molecule has 0 unspecified atom stereocenters. The molecule has 1 fully saturated rings. The number of para-hydroxylation sites is 1. The Bertz CT molecular complexity index is 1010. The van der Waals surface area contributed by atoms with Crippen LogP contribution in [0.2, 0.25) is 0 Å². The molecule has 0 atom stereocenters. The number of anilines is 1. The van der Waals surface area contributed by atoms with Gasteiger partial charge < -0.3 is 9.32 Å². The summed E-state index contributed by atoms with van der Waals surface area (Å²) in [5.74, 6) is 0.653. The van der Waals surface area contributed by atoms with Gasteiger partial charge in [0.05, 0.1) is 17.5 Å². The van der Waals surface area contributed by atoms with E-state index in [1.165, 1.54) is 30.4 Å². The van der Waals surface area contributed by atoms with Crippen molar-refractivity contribution in [2.24, 2.45) is 0 Å². The minimum atomic E-state index is -0.178. The molecule has 0 spiro atoms. The van der Waals surface area contributed by atoms with E-state index in [9.17, 15) is 4.39 Å². The first-order chi connectivity index (χ1) is 13.2. The summed E-state index contributed by atoms with van der Waals surface area (Å²) in [5.41, 5.74) is 3.09. The van der Waals surface area contributed by atoms with E-state index in [0.29, 0.717) is 6.04 Å². The zero-order valence-corrected chi connectivity index (χ0v) is 15.2. The molecule has 27 heavy (non-hydrogen) atoms. The van der Waals surface area contributed by atoms with E-state index in [1.54, 1.807) is 24.5 Å². The summed E-state index contributed by atoms with van der Waals surface area (Å²) in [6.45, 7) is 0. The van der Waals surface area contributed by atoms with Crippen molar-refractivity contribution in [2.75, 3.05) is 11.9 Å². The largest absolute Gasteiger partial charge is 0.463 e. The fraction of sp³-hybridized carbons (Fsp3) is 0.174. The van der Waals surface area contributed by atoms with Gasteiger partial charge in [0.1, 0.15) is 11.5 Å². The summed E-state index contributed by atoms with van der Waals surface area (Å²) in [4.78, 5) is 7.14. The summed E-state index contributed by atoms with van der Waals surface area (Å²) in [6.07, 6.45) is 4.23. The Labute approximate surface area is 158 Å². The SMILES string of the molecule is CN(c1cc2ccccc2nc1-c1ccco1)C1CC1.Fc1ccccc1. The molecular weight excluding hydrogens is 339 g/mol. The van der Waals surface area contributed by atoms with Crippen LogP contribution < -0.4 is 4.90 Å². The van der Waals surface area contributed by atoms with E-state index in [1.807, 2.05) is 24.3 Å². The first-order valence-electron chi connectivity index (χ1n) is 9.09. The number of pyridine rings is 1. The van der Waals surface area contributed by atoms with Crippen LogP contribution in [0.4, 0.5) is 10.1 Å². The van der Waals surface area contributed by atoms with Gasteiger partial charge in [0.15, 0.2) is 5.76 Å². The highest BCUT2D eigenvalue weighted by molar-refractivity contribution is 5.88. The van der Waals surface area contributed by atoms with Crippen molar-refractivity contribution in [1.29, 1.82) is 0 Å². The van der Waals surface area contributed by atoms with Crippen LogP contribution in [0.3, 0.4) is 0 Å². The number of halogens is 1. The smallest absolute Gasteiger partial charge is 0.154 e. The van der Waals surface area contributed by atoms with Crippen molar-refractivity contribution >= 4 is 16.6 Å². The zero-order valence-electron chi connectivity index (χ0n) is 15.2. The van der Waals surface area contributed by atoms with Crippen LogP contribution in [0.15, 0.2) is 83.5 Å². The molecule has 0 aliphatic heterocycles. The Morgan fingerprint density at radius 3 is 2.33 bits per heavy atom. The Balaban J connectivity index is 0.000000218. The molecule has 4 aromatic rings. The standard InChI is InChI=1S/C17H16N2O.C6H5F/c1-19(13-8-9-13)15-11-12-5-2-3-6-14(12)18-17(15)16-7-4-10-20-16;7-6-4-2-1-3-5-6/h2-7,10-11,13H,8-9H2,1H3;1-5H. The van der Waals surface area contributed by atoms with Crippen LogP contribution in [-0.4, -0.2) is 18.1 Å². The summed E-state index contributed by atoms with van der Waals surface area (Å²) in [5, 5.41) is 1.17. The zero-order chi connectivity index (χ0) is 18.6. The number of aromatic nitrogens is 1. The molecule has 0 amide bonds. The minimum absolute atomic E-state index is 0.178. The van der Waals surface area contributed by atoms with Gasteiger partial charge in [-0.3, -0.25) is 0 Å². The number of benzene rings is 2. The predicted molar refractivity (Wildman–Crippen MR) is 107 cm³/mol. The van der Waals surface area contributed by atoms with Crippen molar-refractivity contribution in [3.05, 3.63) is 84.9 Å². The molecule has 0 saturated heterocycles. The number of rotatable bonds is 3. The molecule has 1 aliphatic rings. The Morgan fingerprint density at radius 1 is 0.963 bits per heavy atom. The van der Waals surface area contributed by atoms with Gasteiger partial charge in [-0.15, -0.1) is 0 Å². The topological polar surface area (TPSA) is 29.3 Å². The summed E-state index contributed by atoms with van der Waals surface area (Å²) < 4.78 is 17.5. The number of hydrogen-bond donors (Lipinski definition) is 0. The molecule has 0 radical (unpaired) electrons. The average Bonchev–Trinajstić information content (AvgIpc) is 3.41. The van der Waals surface area contributed by atoms with Gasteiger partial charge >= 0.3 is 0 Å². The van der Waals surface area contributed by atoms with Gasteiger partial charge in [-0.25, -0.2) is 9.37 Å². The maximum absolute atomic E-state index is 11.9. The van der Waals surface area contributed by atoms with Crippen molar-refractivity contribution in [3.8, 4) is 11.5 Å². The van der Waals surface area contributed by atoms with Crippen LogP contribution in [-0.2, 0) is 0 Å². The second-order valence-electron chi connectivity index (χ2n) is 6.66. The van der Waals surface area contributed by atoms with Gasteiger partial charge in [-0.1, -0.05) is 36.4 Å². The average molecular weight is 360 g/mol. The Hall–Kier alpha value is -3.14. The second kappa shape index (κ2) is 7.62. The molecule has 5 rings (SSSR count). The van der Waals surface area contributed by atoms with E-state index >= 15 is 0 Å². The van der Waals surface area contributed by atoms with Gasteiger partial charge in [0.2, 0.25) is 0 Å². The lowest BCUT2D eigenvalue weighted by atomic mass is 10.1. The fourth-order valence-electron chi connectivity index (χ4n) is 3.04. The third-order valence-corrected chi connectivity index (χ3v) is 4.67. The normalized spacial score (nSPS) is 13.1. The van der Waals surface area contributed by atoms with Gasteiger partial charge in [-0.2, -0.15) is 0 Å². The first-order valence-corrected chi connectivity index (χ1v) is 9.09. The van der Waals surface area contributed by atoms with Crippen LogP contribution in [0.1, 0.15) is 12.8 Å². The highest BCUT2D eigenvalue weighted by Gasteiger charge is 2.29. The highest BCUT2D eigenvalue weighted by Crippen LogP contribution is 2.37. The predicted octanol–water partition coefficient (Wildman–Crippen LogP) is 5.92. The summed E-state index contributed by atoms with van der Waals surface area (Å²) in [7, 11) is 2.15. The molecule has 4 heteroatoms. The third kappa shape index (κ3) is 4.00. The minimum Gasteiger partial charge on any atom is -0.463 e. The quantitative estimate of drug-likeness (QED) is 0.454. The number of nitrogens with zero attached hydrogens (tertiary/aromatic N) is 2. The molecular formula is C23H21FN2O. The summed E-state index contributed by atoms with van der Waals surface area (Å²) in [6, 6.07) is 22.9. The van der Waals surface area contributed by atoms with Crippen LogP contribution in [0, 0.1) is 5.82 Å². The third-order valence-electron chi connectivity index (χ3n) is 4.67. The number of furan rings is 1. The molecule has 0 bridgehead atoms. The van der Waals surface area contributed by atoms with E-state index in [2.05, 4.69) is 30.1 Å². The van der Waals surface area contributed by atoms with E-state index in [0.717, 1.165) is 22.7 Å². The van der Waals surface area contributed by atoms with E-state index < -0.39 is 0 Å². The lowest BCUT2D eigenvalue weighted by Gasteiger charge is -2.21. The molecule has 1 aliphatic carbocycles. The maximum Gasteiger partial charge on any atom is 0.154 e. The molecule has 0 N–H and O–H groups in total. The lowest BCUT2D eigenvalue weighted by Crippen LogP contribution is -2.20. The monoisotopic (exact) mass is 360 g/mol. The van der Waals surface area contributed by atoms with E-state index in [-0.39, 0.29) is 5.82 Å². The van der Waals surface area contributed by atoms with Gasteiger partial charge in [-0.05, 0) is 49.2 Å². The van der Waals surface area contributed by atoms with Gasteiger partial charge in [0.25, 0.3) is 0 Å². The van der Waals surface area contributed by atoms with Crippen LogP contribution in [0.25, 0.3) is 22.4 Å². The maximum atomic E-state index is 11.9. The van der Waals surface area contributed by atoms with Crippen molar-refractivity contribution < 1.29 is 8.81 Å². The highest BCUT2D eigenvalue weighted by atomic mass is 19.1. The van der Waals surface area contributed by atoms with Crippen molar-refractivity contribution in [3.63, 3.8) is 0 Å². The molecule has 2 heterocycles. The van der Waals surface area contributed by atoms with Crippen molar-refractivity contribution in [2.45, 2.75) is 18.9 Å². The molecule has 2 aromatic heterocycles. The lowest BCUT2D eigenvalue weighted by molar-refractivity contribution is 0.580. The van der Waals surface area contributed by atoms with Crippen LogP contribution >= 0.6 is 0 Å². The molecule has 136 valence electrons. The van der Waals surface area contributed by atoms with Crippen molar-refractivity contribution in [1.82, 2.24) is 4.98 Å². The number of fused-ring (bicyclic) bond motifs is 1. The second-order valence-corrected chi connectivity index (χ2v) is 6.66. The molecule has 3 nitrogen and oxygen atoms in total. The molecule has 1 saturated carbocycles. The van der Waals surface area contributed by atoms with Crippen LogP contribution in [0.5, 0.6) is 0 Å². The van der Waals surface area contributed by atoms with E-state index in [4.69, 9.17) is 9.40 Å². The van der Waals surface area contributed by atoms with Gasteiger partial charge in [0, 0.05) is 18.5 Å². The first kappa shape index (κ1) is 17.3.